The van der Waals surface area contributed by atoms with Gasteiger partial charge in [-0.2, -0.15) is 0 Å². The second-order valence-electron chi connectivity index (χ2n) is 11.2. The van der Waals surface area contributed by atoms with Crippen LogP contribution in [0.15, 0.2) is 0 Å². The summed E-state index contributed by atoms with van der Waals surface area (Å²) in [7, 11) is 0. The Balaban J connectivity index is 3.11. The monoisotopic (exact) mass is 634 g/mol. The van der Waals surface area contributed by atoms with Crippen LogP contribution in [-0.2, 0) is 14.3 Å². The van der Waals surface area contributed by atoms with E-state index in [4.69, 9.17) is 14.6 Å². The van der Waals surface area contributed by atoms with E-state index in [9.17, 15) is 71.2 Å². The minimum atomic E-state index is -2.89. The highest BCUT2D eigenvalue weighted by Gasteiger charge is 2.49. The Morgan fingerprint density at radius 1 is 0.744 bits per heavy atom. The van der Waals surface area contributed by atoms with Gasteiger partial charge < -0.3 is 81.0 Å². The SMILES string of the molecule is CCCCCCCC(O)(O)C(CC(O)C(O)C(O)C(O)C(O)C(O)C(O)C(O)CO)C(=O)O[C@@H]1O[C@@H](C)[C@H](O)[C@@H](O)[C@H]1O. The maximum absolute atomic E-state index is 13.1. The number of hydrogen-bond acceptors (Lipinski definition) is 17. The lowest BCUT2D eigenvalue weighted by Gasteiger charge is -2.40. The smallest absolute Gasteiger partial charge is 0.316 e. The van der Waals surface area contributed by atoms with Crippen molar-refractivity contribution in [2.75, 3.05) is 6.61 Å². The molecule has 14 atom stereocenters. The van der Waals surface area contributed by atoms with Crippen LogP contribution < -0.4 is 0 Å². The summed E-state index contributed by atoms with van der Waals surface area (Å²) >= 11 is 0. The third kappa shape index (κ3) is 11.0. The van der Waals surface area contributed by atoms with E-state index in [1.807, 2.05) is 6.92 Å². The molecule has 0 spiro atoms. The number of esters is 1. The summed E-state index contributed by atoms with van der Waals surface area (Å²) in [5, 5.41) is 141. The molecule has 0 aromatic carbocycles. The molecule has 1 saturated heterocycles. The summed E-state index contributed by atoms with van der Waals surface area (Å²) in [5.74, 6) is -6.45. The highest BCUT2D eigenvalue weighted by atomic mass is 16.7. The molecule has 256 valence electrons. The second-order valence-corrected chi connectivity index (χ2v) is 11.2. The molecule has 0 saturated carbocycles. The van der Waals surface area contributed by atoms with Crippen LogP contribution in [0.3, 0.4) is 0 Å². The molecule has 14 N–H and O–H groups in total. The Hall–Kier alpha value is -1.13. The first kappa shape index (κ1) is 39.9. The zero-order valence-electron chi connectivity index (χ0n) is 24.2. The fourth-order valence-electron chi connectivity index (χ4n) is 4.70. The van der Waals surface area contributed by atoms with Crippen LogP contribution in [0.2, 0.25) is 0 Å². The fourth-order valence-corrected chi connectivity index (χ4v) is 4.70. The molecule has 17 nitrogen and oxygen atoms in total. The molecule has 0 bridgehead atoms. The molecule has 1 aliphatic rings. The Bertz CT molecular complexity index is 802. The molecule has 0 aliphatic carbocycles. The summed E-state index contributed by atoms with van der Waals surface area (Å²) in [6.07, 6.45) is -25.0. The zero-order chi connectivity index (χ0) is 33.2. The number of unbranched alkanes of at least 4 members (excludes halogenated alkanes) is 4. The molecule has 0 amide bonds. The number of carbonyl (C=O) groups is 1. The van der Waals surface area contributed by atoms with Crippen molar-refractivity contribution in [3.05, 3.63) is 0 Å². The summed E-state index contributed by atoms with van der Waals surface area (Å²) in [6, 6.07) is 0. The molecule has 9 unspecified atom stereocenters. The summed E-state index contributed by atoms with van der Waals surface area (Å²) < 4.78 is 10.3. The minimum Gasteiger partial charge on any atom is -0.432 e. The Morgan fingerprint density at radius 2 is 1.23 bits per heavy atom. The average molecular weight is 635 g/mol. The van der Waals surface area contributed by atoms with Crippen molar-refractivity contribution >= 4 is 5.97 Å². The van der Waals surface area contributed by atoms with Gasteiger partial charge >= 0.3 is 5.97 Å². The average Bonchev–Trinajstić information content (AvgIpc) is 2.97. The van der Waals surface area contributed by atoms with Gasteiger partial charge in [0.15, 0.2) is 5.79 Å². The quantitative estimate of drug-likeness (QED) is 0.0357. The van der Waals surface area contributed by atoms with Crippen molar-refractivity contribution in [2.24, 2.45) is 5.92 Å². The lowest BCUT2D eigenvalue weighted by atomic mass is 9.85. The van der Waals surface area contributed by atoms with E-state index >= 15 is 0 Å². The van der Waals surface area contributed by atoms with Gasteiger partial charge in [0.05, 0.1) is 18.8 Å². The standard InChI is InChI=1S/C26H50O17/c1-3-4-5-6-7-8-26(40,41)12(24(39)43-25-23(38)18(33)15(30)11(2)42-25)9-13(28)16(31)19(34)21(36)22(37)20(35)17(32)14(29)10-27/h11-23,25,27-38,40-41H,3-10H2,1-2H3/t11-,12?,13?,14?,15-,16?,17?,18+,19?,20?,21?,22?,23+,25-/m0/s1. The Morgan fingerprint density at radius 3 is 1.74 bits per heavy atom. The molecule has 17 heteroatoms. The first-order valence-corrected chi connectivity index (χ1v) is 14.3. The van der Waals surface area contributed by atoms with Crippen molar-refractivity contribution in [1.29, 1.82) is 0 Å². The van der Waals surface area contributed by atoms with Crippen molar-refractivity contribution in [3.63, 3.8) is 0 Å². The summed E-state index contributed by atoms with van der Waals surface area (Å²) in [4.78, 5) is 13.1. The van der Waals surface area contributed by atoms with Gasteiger partial charge in [0, 0.05) is 6.42 Å². The Kier molecular flexibility index (Phi) is 16.8. The van der Waals surface area contributed by atoms with Crippen LogP contribution in [0, 0.1) is 5.92 Å². The van der Waals surface area contributed by atoms with Crippen LogP contribution in [0.4, 0.5) is 0 Å². The van der Waals surface area contributed by atoms with Gasteiger partial charge in [-0.1, -0.05) is 32.6 Å². The van der Waals surface area contributed by atoms with Crippen molar-refractivity contribution in [2.45, 2.75) is 144 Å². The lowest BCUT2D eigenvalue weighted by Crippen LogP contribution is -2.59. The van der Waals surface area contributed by atoms with E-state index in [2.05, 4.69) is 0 Å². The van der Waals surface area contributed by atoms with E-state index < -0.39 is 117 Å². The van der Waals surface area contributed by atoms with Crippen molar-refractivity contribution < 1.29 is 85.8 Å². The van der Waals surface area contributed by atoms with Gasteiger partial charge in [0.2, 0.25) is 6.29 Å². The van der Waals surface area contributed by atoms with Gasteiger partial charge in [-0.05, 0) is 19.8 Å². The van der Waals surface area contributed by atoms with Crippen LogP contribution in [0.1, 0.15) is 58.8 Å². The third-order valence-electron chi connectivity index (χ3n) is 7.73. The van der Waals surface area contributed by atoms with Gasteiger partial charge in [-0.3, -0.25) is 4.79 Å². The first-order chi connectivity index (χ1) is 19.9. The number of carbonyl (C=O) groups excluding carboxylic acids is 1. The van der Waals surface area contributed by atoms with Gasteiger partial charge in [0.1, 0.15) is 67.0 Å². The number of aliphatic hydroxyl groups is 14. The highest BCUT2D eigenvalue weighted by molar-refractivity contribution is 5.73. The normalized spacial score (nSPS) is 29.5. The Labute approximate surface area is 248 Å². The topological polar surface area (TPSA) is 319 Å². The third-order valence-corrected chi connectivity index (χ3v) is 7.73. The predicted octanol–water partition coefficient (Wildman–Crippen LogP) is -5.72. The van der Waals surface area contributed by atoms with E-state index in [0.29, 0.717) is 6.42 Å². The largest absolute Gasteiger partial charge is 0.432 e. The molecule has 1 rings (SSSR count). The molecule has 1 heterocycles. The van der Waals surface area contributed by atoms with E-state index in [1.165, 1.54) is 6.92 Å². The molecule has 0 radical (unpaired) electrons. The zero-order valence-corrected chi connectivity index (χ0v) is 24.2. The van der Waals surface area contributed by atoms with E-state index in [-0.39, 0.29) is 6.42 Å². The van der Waals surface area contributed by atoms with E-state index in [0.717, 1.165) is 19.3 Å². The maximum atomic E-state index is 13.1. The van der Waals surface area contributed by atoms with Gasteiger partial charge in [-0.15, -0.1) is 0 Å². The second kappa shape index (κ2) is 18.1. The number of hydrogen-bond donors (Lipinski definition) is 14. The molecular weight excluding hydrogens is 584 g/mol. The van der Waals surface area contributed by atoms with E-state index in [1.54, 1.807) is 0 Å². The van der Waals surface area contributed by atoms with Crippen LogP contribution in [0.5, 0.6) is 0 Å². The van der Waals surface area contributed by atoms with Gasteiger partial charge in [-0.25, -0.2) is 0 Å². The number of ether oxygens (including phenoxy) is 2. The first-order valence-electron chi connectivity index (χ1n) is 14.3. The molecule has 43 heavy (non-hydrogen) atoms. The van der Waals surface area contributed by atoms with Crippen LogP contribution in [-0.4, -0.2) is 169 Å². The molecule has 1 aliphatic heterocycles. The minimum absolute atomic E-state index is 0.202. The molecular formula is C26H50O17. The summed E-state index contributed by atoms with van der Waals surface area (Å²) in [5.41, 5.74) is 0. The fraction of sp³-hybridized carbons (Fsp3) is 0.962. The van der Waals surface area contributed by atoms with Crippen LogP contribution >= 0.6 is 0 Å². The van der Waals surface area contributed by atoms with Crippen molar-refractivity contribution in [1.82, 2.24) is 0 Å². The molecule has 0 aromatic rings. The summed E-state index contributed by atoms with van der Waals surface area (Å²) in [6.45, 7) is 2.23. The highest BCUT2D eigenvalue weighted by Crippen LogP contribution is 2.31. The van der Waals surface area contributed by atoms with Gasteiger partial charge in [0.25, 0.3) is 0 Å². The number of aliphatic hydroxyl groups excluding tert-OH is 12. The van der Waals surface area contributed by atoms with Crippen molar-refractivity contribution in [3.8, 4) is 0 Å². The van der Waals surface area contributed by atoms with Crippen LogP contribution in [0.25, 0.3) is 0 Å². The number of rotatable bonds is 19. The maximum Gasteiger partial charge on any atom is 0.316 e. The predicted molar refractivity (Wildman–Crippen MR) is 142 cm³/mol. The molecule has 0 aromatic heterocycles. The molecule has 1 fully saturated rings. The lowest BCUT2D eigenvalue weighted by molar-refractivity contribution is -0.292.